The van der Waals surface area contributed by atoms with Crippen LogP contribution >= 0.6 is 7.60 Å². The van der Waals surface area contributed by atoms with Crippen molar-refractivity contribution in [3.8, 4) is 0 Å². The second kappa shape index (κ2) is 34.1. The third-order valence-corrected chi connectivity index (χ3v) is 12.4. The van der Waals surface area contributed by atoms with E-state index in [1.54, 1.807) is 6.92 Å². The fraction of sp³-hybridized carbons (Fsp3) is 0.976. The molecule has 2 N–H and O–H groups in total. The minimum absolute atomic E-state index is 0.175. The van der Waals surface area contributed by atoms with Gasteiger partial charge in [-0.15, -0.1) is 0 Å². The molecule has 0 aromatic carbocycles. The number of carbonyl (C=O) groups excluding carboxylic acids is 1. The molecule has 0 saturated heterocycles. The van der Waals surface area contributed by atoms with E-state index in [-0.39, 0.29) is 6.42 Å². The molecule has 47 heavy (non-hydrogen) atoms. The van der Waals surface area contributed by atoms with Gasteiger partial charge in [-0.2, -0.15) is 0 Å². The summed E-state index contributed by atoms with van der Waals surface area (Å²) in [7, 11) is -4.43. The molecule has 5 nitrogen and oxygen atoms in total. The zero-order valence-corrected chi connectivity index (χ0v) is 32.9. The summed E-state index contributed by atoms with van der Waals surface area (Å²) in [5, 5.41) is -1.28. The highest BCUT2D eigenvalue weighted by Gasteiger charge is 2.46. The van der Waals surface area contributed by atoms with E-state index in [1.807, 2.05) is 0 Å². The lowest BCUT2D eigenvalue weighted by atomic mass is 9.93. The molecular weight excluding hydrogens is 603 g/mol. The molecule has 0 rings (SSSR count). The molecular formula is C41H83O5P. The molecule has 0 bridgehead atoms. The van der Waals surface area contributed by atoms with Crippen LogP contribution in [-0.4, -0.2) is 27.5 Å². The molecule has 0 aliphatic rings. The summed E-state index contributed by atoms with van der Waals surface area (Å²) < 4.78 is 18.0. The minimum atomic E-state index is -4.43. The summed E-state index contributed by atoms with van der Waals surface area (Å²) in [6, 6.07) is 0. The number of ether oxygens (including phenoxy) is 1. The van der Waals surface area contributed by atoms with Gasteiger partial charge in [-0.05, 0) is 19.3 Å². The second-order valence-electron chi connectivity index (χ2n) is 14.9. The maximum absolute atomic E-state index is 12.6. The largest absolute Gasteiger partial charge is 0.466 e. The van der Waals surface area contributed by atoms with Gasteiger partial charge in [0.2, 0.25) is 0 Å². The summed E-state index contributed by atoms with van der Waals surface area (Å²) in [6.45, 7) is 6.70. The molecule has 6 heteroatoms. The van der Waals surface area contributed by atoms with Crippen molar-refractivity contribution in [1.82, 2.24) is 0 Å². The van der Waals surface area contributed by atoms with Crippen LogP contribution in [0.15, 0.2) is 0 Å². The fourth-order valence-electron chi connectivity index (χ4n) is 7.00. The molecule has 0 amide bonds. The molecule has 0 aliphatic carbocycles. The lowest BCUT2D eigenvalue weighted by Crippen LogP contribution is -2.32. The summed E-state index contributed by atoms with van der Waals surface area (Å²) in [6.07, 6.45) is 41.6. The standard InChI is InChI=1S/C41H83O5P/c1-4-7-9-11-13-15-17-19-21-23-25-27-29-31-33-35-37-41(6-3,47(43,44)45)39-40(42)46-38-36-34-32-30-28-26-24-22-20-18-16-14-12-10-8-5-2/h4-39H2,1-3H3,(H2,43,44,45). The smallest absolute Gasteiger partial charge is 0.332 e. The van der Waals surface area contributed by atoms with Crippen LogP contribution < -0.4 is 0 Å². The Morgan fingerprint density at radius 3 is 1.02 bits per heavy atom. The predicted molar refractivity (Wildman–Crippen MR) is 204 cm³/mol. The van der Waals surface area contributed by atoms with Crippen molar-refractivity contribution in [2.75, 3.05) is 6.61 Å². The van der Waals surface area contributed by atoms with Crippen LogP contribution in [-0.2, 0) is 14.1 Å². The fourth-order valence-corrected chi connectivity index (χ4v) is 8.20. The van der Waals surface area contributed by atoms with Gasteiger partial charge < -0.3 is 14.5 Å². The highest BCUT2D eigenvalue weighted by Crippen LogP contribution is 2.57. The molecule has 1 atom stereocenters. The predicted octanol–water partition coefficient (Wildman–Crippen LogP) is 14.2. The van der Waals surface area contributed by atoms with Gasteiger partial charge in [-0.25, -0.2) is 0 Å². The third kappa shape index (κ3) is 29.1. The molecule has 0 aromatic rings. The number of hydrogen-bond acceptors (Lipinski definition) is 3. The van der Waals surface area contributed by atoms with Crippen LogP contribution in [0.2, 0.25) is 0 Å². The first-order chi connectivity index (χ1) is 22.8. The summed E-state index contributed by atoms with van der Waals surface area (Å²) in [5.41, 5.74) is 0. The molecule has 0 aliphatic heterocycles. The van der Waals surface area contributed by atoms with E-state index in [1.165, 1.54) is 167 Å². The first-order valence-corrected chi connectivity index (χ1v) is 22.7. The van der Waals surface area contributed by atoms with Crippen molar-refractivity contribution in [3.05, 3.63) is 0 Å². The SMILES string of the molecule is CCCCCCCCCCCCCCCCCCOC(=O)CC(CC)(CCCCCCCCCCCCCCCCCC)P(=O)(O)O. The number of unbranched alkanes of at least 4 members (excludes halogenated alkanes) is 30. The highest BCUT2D eigenvalue weighted by atomic mass is 31.2. The van der Waals surface area contributed by atoms with Crippen molar-refractivity contribution < 1.29 is 23.9 Å². The van der Waals surface area contributed by atoms with E-state index in [0.717, 1.165) is 38.5 Å². The molecule has 0 radical (unpaired) electrons. The molecule has 282 valence electrons. The van der Waals surface area contributed by atoms with E-state index in [2.05, 4.69) is 13.8 Å². The average molecular weight is 687 g/mol. The maximum atomic E-state index is 12.6. The van der Waals surface area contributed by atoms with Gasteiger partial charge in [-0.3, -0.25) is 9.36 Å². The molecule has 1 unspecified atom stereocenters. The third-order valence-electron chi connectivity index (χ3n) is 10.5. The van der Waals surface area contributed by atoms with Crippen molar-refractivity contribution in [1.29, 1.82) is 0 Å². The van der Waals surface area contributed by atoms with E-state index >= 15 is 0 Å². The van der Waals surface area contributed by atoms with E-state index in [9.17, 15) is 19.1 Å². The van der Waals surface area contributed by atoms with Crippen molar-refractivity contribution in [3.63, 3.8) is 0 Å². The van der Waals surface area contributed by atoms with Crippen molar-refractivity contribution in [2.45, 2.75) is 251 Å². The van der Waals surface area contributed by atoms with Crippen LogP contribution in [0, 0.1) is 0 Å². The van der Waals surface area contributed by atoms with Crippen LogP contribution in [0.5, 0.6) is 0 Å². The minimum Gasteiger partial charge on any atom is -0.466 e. The molecule has 0 fully saturated rings. The molecule has 0 heterocycles. The quantitative estimate of drug-likeness (QED) is 0.0384. The Hall–Kier alpha value is -0.380. The van der Waals surface area contributed by atoms with Gasteiger partial charge in [0, 0.05) is 0 Å². The normalized spacial score (nSPS) is 13.2. The number of hydrogen-bond donors (Lipinski definition) is 2. The Labute approximate surface area is 294 Å². The number of rotatable bonds is 38. The van der Waals surface area contributed by atoms with E-state index in [4.69, 9.17) is 4.74 Å². The van der Waals surface area contributed by atoms with Gasteiger partial charge in [0.1, 0.15) is 0 Å². The van der Waals surface area contributed by atoms with Gasteiger partial charge in [0.05, 0.1) is 18.2 Å². The first kappa shape index (κ1) is 46.6. The Kier molecular flexibility index (Phi) is 33.8. The van der Waals surface area contributed by atoms with Crippen LogP contribution in [0.25, 0.3) is 0 Å². The molecule has 0 spiro atoms. The zero-order valence-electron chi connectivity index (χ0n) is 32.0. The lowest BCUT2D eigenvalue weighted by molar-refractivity contribution is -0.144. The first-order valence-electron chi connectivity index (χ1n) is 21.0. The number of esters is 1. The van der Waals surface area contributed by atoms with Gasteiger partial charge in [-0.1, -0.05) is 220 Å². The highest BCUT2D eigenvalue weighted by molar-refractivity contribution is 7.53. The topological polar surface area (TPSA) is 83.8 Å². The average Bonchev–Trinajstić information content (AvgIpc) is 3.04. The summed E-state index contributed by atoms with van der Waals surface area (Å²) in [4.78, 5) is 33.1. The Morgan fingerprint density at radius 1 is 0.468 bits per heavy atom. The Morgan fingerprint density at radius 2 is 0.745 bits per heavy atom. The van der Waals surface area contributed by atoms with Crippen LogP contribution in [0.4, 0.5) is 0 Å². The van der Waals surface area contributed by atoms with Gasteiger partial charge >= 0.3 is 13.6 Å². The Balaban J connectivity index is 3.85. The van der Waals surface area contributed by atoms with Crippen molar-refractivity contribution >= 4 is 13.6 Å². The second-order valence-corrected chi connectivity index (χ2v) is 16.9. The van der Waals surface area contributed by atoms with Crippen molar-refractivity contribution in [2.24, 2.45) is 0 Å². The van der Waals surface area contributed by atoms with Gasteiger partial charge in [0.15, 0.2) is 0 Å². The number of carbonyl (C=O) groups is 1. The van der Waals surface area contributed by atoms with Gasteiger partial charge in [0.25, 0.3) is 0 Å². The zero-order chi connectivity index (χ0) is 34.7. The lowest BCUT2D eigenvalue weighted by Gasteiger charge is -2.32. The Bertz CT molecular complexity index is 708. The summed E-state index contributed by atoms with van der Waals surface area (Å²) >= 11 is 0. The van der Waals surface area contributed by atoms with Crippen LogP contribution in [0.3, 0.4) is 0 Å². The molecule has 0 aromatic heterocycles. The van der Waals surface area contributed by atoms with Crippen LogP contribution in [0.1, 0.15) is 245 Å². The van der Waals surface area contributed by atoms with E-state index < -0.39 is 18.7 Å². The monoisotopic (exact) mass is 687 g/mol. The van der Waals surface area contributed by atoms with E-state index in [0.29, 0.717) is 19.4 Å². The molecule has 0 saturated carbocycles. The maximum Gasteiger partial charge on any atom is 0.332 e. The summed E-state index contributed by atoms with van der Waals surface area (Å²) in [5.74, 6) is -0.451.